The van der Waals surface area contributed by atoms with Gasteiger partial charge in [-0.05, 0) is 62.3 Å². The van der Waals surface area contributed by atoms with Crippen LogP contribution in [0.2, 0.25) is 5.02 Å². The molecule has 8 nitrogen and oxygen atoms in total. The second-order valence-electron chi connectivity index (χ2n) is 12.0. The van der Waals surface area contributed by atoms with E-state index in [1.165, 1.54) is 7.11 Å². The number of hydrogen-bond donors (Lipinski definition) is 0. The highest BCUT2D eigenvalue weighted by atomic mass is 35.5. The van der Waals surface area contributed by atoms with Crippen LogP contribution in [0, 0.1) is 36.3 Å². The van der Waals surface area contributed by atoms with Crippen molar-refractivity contribution in [2.75, 3.05) is 64.4 Å². The Balaban J connectivity index is 1.17. The second kappa shape index (κ2) is 13.2. The van der Waals surface area contributed by atoms with Crippen LogP contribution in [0.25, 0.3) is 0 Å². The van der Waals surface area contributed by atoms with Crippen molar-refractivity contribution in [1.82, 2.24) is 14.7 Å². The van der Waals surface area contributed by atoms with E-state index in [9.17, 15) is 23.2 Å². The minimum atomic E-state index is -0.918. The fourth-order valence-electron chi connectivity index (χ4n) is 6.70. The normalized spacial score (nSPS) is 20.8. The highest BCUT2D eigenvalue weighted by molar-refractivity contribution is 6.31. The Bertz CT molecular complexity index is 1350. The molecule has 3 fully saturated rings. The maximum absolute atomic E-state index is 14.5. The molecule has 3 amide bonds. The number of carbonyl (C=O) groups is 3. The molecule has 0 saturated carbocycles. The maximum atomic E-state index is 14.5. The number of amides is 3. The number of fused-ring (bicyclic) bond motifs is 1. The molecule has 43 heavy (non-hydrogen) atoms. The number of halogens is 3. The summed E-state index contributed by atoms with van der Waals surface area (Å²) < 4.78 is 33.9. The second-order valence-corrected chi connectivity index (χ2v) is 12.4. The number of piperidine rings is 1. The molecule has 0 N–H and O–H groups in total. The van der Waals surface area contributed by atoms with Gasteiger partial charge in [-0.3, -0.25) is 14.4 Å². The Labute approximate surface area is 256 Å². The number of rotatable bonds is 8. The molecule has 5 rings (SSSR count). The van der Waals surface area contributed by atoms with Gasteiger partial charge >= 0.3 is 0 Å². The lowest BCUT2D eigenvalue weighted by molar-refractivity contribution is -0.133. The summed E-state index contributed by atoms with van der Waals surface area (Å²) in [5.74, 6) is -2.02. The van der Waals surface area contributed by atoms with Crippen molar-refractivity contribution in [1.29, 1.82) is 0 Å². The number of nitrogens with zero attached hydrogens (tertiary/aromatic N) is 4. The minimum absolute atomic E-state index is 0.0320. The van der Waals surface area contributed by atoms with E-state index in [2.05, 4.69) is 4.90 Å². The van der Waals surface area contributed by atoms with Gasteiger partial charge in [0.05, 0.1) is 7.11 Å². The number of carbonyl (C=O) groups excluding carboxylic acids is 3. The van der Waals surface area contributed by atoms with Gasteiger partial charge in [-0.1, -0.05) is 17.7 Å². The zero-order chi connectivity index (χ0) is 30.8. The third-order valence-electron chi connectivity index (χ3n) is 9.19. The summed E-state index contributed by atoms with van der Waals surface area (Å²) in [6.45, 7) is 8.47. The molecule has 0 aromatic heterocycles. The van der Waals surface area contributed by atoms with Gasteiger partial charge in [0.25, 0.3) is 5.91 Å². The minimum Gasteiger partial charge on any atom is -0.497 e. The third-order valence-corrected chi connectivity index (χ3v) is 9.60. The fraction of sp³-hybridized carbons (Fsp3) is 0.531. The van der Waals surface area contributed by atoms with Crippen LogP contribution >= 0.6 is 11.6 Å². The monoisotopic (exact) mass is 616 g/mol. The van der Waals surface area contributed by atoms with E-state index in [-0.39, 0.29) is 35.3 Å². The molecule has 0 bridgehead atoms. The molecule has 3 saturated heterocycles. The van der Waals surface area contributed by atoms with Crippen LogP contribution in [0.3, 0.4) is 0 Å². The van der Waals surface area contributed by atoms with Crippen molar-refractivity contribution in [3.05, 3.63) is 58.1 Å². The molecule has 2 atom stereocenters. The molecule has 3 aliphatic rings. The first-order valence-corrected chi connectivity index (χ1v) is 15.3. The Hall–Kier alpha value is -3.24. The number of likely N-dealkylation sites (tertiary alicyclic amines) is 3. The average molecular weight is 617 g/mol. The Morgan fingerprint density at radius 2 is 1.60 bits per heavy atom. The summed E-state index contributed by atoms with van der Waals surface area (Å²) in [7, 11) is 1.32. The molecule has 2 aromatic rings. The number of ether oxygens (including phenoxy) is 1. The average Bonchev–Trinajstić information content (AvgIpc) is 3.55. The first kappa shape index (κ1) is 31.2. The smallest absolute Gasteiger partial charge is 0.259 e. The molecular weight excluding hydrogens is 578 g/mol. The van der Waals surface area contributed by atoms with E-state index in [0.717, 1.165) is 49.4 Å². The van der Waals surface area contributed by atoms with Crippen molar-refractivity contribution in [3.8, 4) is 5.75 Å². The largest absolute Gasteiger partial charge is 0.497 e. The molecular formula is C32H39ClF2N4O4. The van der Waals surface area contributed by atoms with Crippen LogP contribution in [-0.2, 0) is 9.59 Å². The SMILES string of the molecule is COc1cc(F)c(C(=O)N2CC3CN(CCCN(C(=O)C4CCN(C(C)=O)CC4)c4ccc(C)c(Cl)c4)CC3C2)c(F)c1. The standard InChI is InChI=1S/C32H39ClF2N4O4/c1-20-5-6-25(13-27(20)33)39(31(41)22-7-11-37(12-8-22)21(2)40)10-4-9-36-16-23-18-38(19-24(23)17-36)32(42)30-28(34)14-26(43-3)15-29(30)35/h5-6,13-15,22-24H,4,7-12,16-19H2,1-3H3. The van der Waals surface area contributed by atoms with E-state index in [1.807, 2.05) is 30.0 Å². The Morgan fingerprint density at radius 3 is 2.16 bits per heavy atom. The molecule has 0 aliphatic carbocycles. The van der Waals surface area contributed by atoms with Crippen LogP contribution in [0.4, 0.5) is 14.5 Å². The van der Waals surface area contributed by atoms with Gasteiger partial charge in [-0.2, -0.15) is 0 Å². The highest BCUT2D eigenvalue weighted by Crippen LogP contribution is 2.34. The molecule has 232 valence electrons. The molecule has 3 heterocycles. The van der Waals surface area contributed by atoms with Crippen molar-refractivity contribution >= 4 is 35.0 Å². The maximum Gasteiger partial charge on any atom is 0.259 e. The Kier molecular flexibility index (Phi) is 9.56. The molecule has 2 unspecified atom stereocenters. The van der Waals surface area contributed by atoms with Crippen molar-refractivity contribution in [2.24, 2.45) is 17.8 Å². The number of hydrogen-bond acceptors (Lipinski definition) is 5. The quantitative estimate of drug-likeness (QED) is 0.433. The van der Waals surface area contributed by atoms with Crippen molar-refractivity contribution < 1.29 is 27.9 Å². The molecule has 0 spiro atoms. The lowest BCUT2D eigenvalue weighted by Crippen LogP contribution is -2.44. The molecule has 0 radical (unpaired) electrons. The highest BCUT2D eigenvalue weighted by Gasteiger charge is 2.42. The molecule has 3 aliphatic heterocycles. The van der Waals surface area contributed by atoms with Crippen molar-refractivity contribution in [2.45, 2.75) is 33.1 Å². The van der Waals surface area contributed by atoms with Crippen LogP contribution in [0.5, 0.6) is 5.75 Å². The van der Waals surface area contributed by atoms with E-state index in [0.29, 0.717) is 50.6 Å². The summed E-state index contributed by atoms with van der Waals surface area (Å²) in [5, 5.41) is 0.613. The van der Waals surface area contributed by atoms with Gasteiger partial charge in [0.1, 0.15) is 22.9 Å². The van der Waals surface area contributed by atoms with Gasteiger partial charge in [-0.15, -0.1) is 0 Å². The van der Waals surface area contributed by atoms with Gasteiger partial charge in [0.2, 0.25) is 11.8 Å². The van der Waals surface area contributed by atoms with Crippen LogP contribution < -0.4 is 9.64 Å². The van der Waals surface area contributed by atoms with Crippen LogP contribution in [0.1, 0.15) is 42.1 Å². The topological polar surface area (TPSA) is 73.4 Å². The number of methoxy groups -OCH3 is 1. The summed E-state index contributed by atoms with van der Waals surface area (Å²) in [4.78, 5) is 46.0. The van der Waals surface area contributed by atoms with Gasteiger partial charge in [-0.25, -0.2) is 8.78 Å². The van der Waals surface area contributed by atoms with Crippen LogP contribution in [0.15, 0.2) is 30.3 Å². The predicted octanol–water partition coefficient (Wildman–Crippen LogP) is 4.62. The lowest BCUT2D eigenvalue weighted by Gasteiger charge is -2.34. The zero-order valence-electron chi connectivity index (χ0n) is 25.0. The van der Waals surface area contributed by atoms with Gasteiger partial charge < -0.3 is 24.3 Å². The fourth-order valence-corrected chi connectivity index (χ4v) is 6.87. The van der Waals surface area contributed by atoms with Crippen LogP contribution in [-0.4, -0.2) is 91.9 Å². The predicted molar refractivity (Wildman–Crippen MR) is 160 cm³/mol. The van der Waals surface area contributed by atoms with Crippen molar-refractivity contribution in [3.63, 3.8) is 0 Å². The number of benzene rings is 2. The molecule has 2 aromatic carbocycles. The number of anilines is 1. The molecule has 11 heteroatoms. The van der Waals surface area contributed by atoms with E-state index in [1.54, 1.807) is 16.7 Å². The van der Waals surface area contributed by atoms with Gasteiger partial charge in [0.15, 0.2) is 0 Å². The summed E-state index contributed by atoms with van der Waals surface area (Å²) >= 11 is 6.43. The summed E-state index contributed by atoms with van der Waals surface area (Å²) in [6.07, 6.45) is 2.04. The number of aryl methyl sites for hydroxylation is 1. The first-order chi connectivity index (χ1) is 20.5. The summed E-state index contributed by atoms with van der Waals surface area (Å²) in [5.41, 5.74) is 1.19. The Morgan fingerprint density at radius 1 is 0.977 bits per heavy atom. The zero-order valence-corrected chi connectivity index (χ0v) is 25.7. The van der Waals surface area contributed by atoms with Gasteiger partial charge in [0, 0.05) is 81.5 Å². The summed E-state index contributed by atoms with van der Waals surface area (Å²) in [6, 6.07) is 7.77. The van der Waals surface area contributed by atoms with E-state index >= 15 is 0 Å². The van der Waals surface area contributed by atoms with E-state index < -0.39 is 23.1 Å². The first-order valence-electron chi connectivity index (χ1n) is 14.9. The lowest BCUT2D eigenvalue weighted by atomic mass is 9.94. The third kappa shape index (κ3) is 6.80. The van der Waals surface area contributed by atoms with E-state index in [4.69, 9.17) is 16.3 Å².